The molecule has 0 aliphatic rings. The van der Waals surface area contributed by atoms with E-state index in [0.717, 1.165) is 11.6 Å². The Balaban J connectivity index is 2.22. The summed E-state index contributed by atoms with van der Waals surface area (Å²) in [5.74, 6) is 0. The molecule has 0 bridgehead atoms. The van der Waals surface area contributed by atoms with Gasteiger partial charge in [0.05, 0.1) is 38.5 Å². The van der Waals surface area contributed by atoms with Crippen LogP contribution in [-0.2, 0) is 0 Å². The average Bonchev–Trinajstić information content (AvgIpc) is 2.81. The maximum Gasteiger partial charge on any atom is 0.278 e. The van der Waals surface area contributed by atoms with Gasteiger partial charge in [0, 0.05) is 11.6 Å². The van der Waals surface area contributed by atoms with E-state index in [-0.39, 0.29) is 33.0 Å². The average molecular weight is 442 g/mol. The lowest BCUT2D eigenvalue weighted by atomic mass is 9.96. The summed E-state index contributed by atoms with van der Waals surface area (Å²) < 4.78 is 0. The lowest BCUT2D eigenvalue weighted by Gasteiger charge is -2.10. The van der Waals surface area contributed by atoms with Crippen LogP contribution in [0.5, 0.6) is 0 Å². The van der Waals surface area contributed by atoms with Crippen molar-refractivity contribution in [3.63, 3.8) is 0 Å². The number of nitrogens with zero attached hydrogens (tertiary/aromatic N) is 4. The number of hydrazone groups is 1. The van der Waals surface area contributed by atoms with E-state index in [1.807, 2.05) is 49.4 Å². The van der Waals surface area contributed by atoms with E-state index in [1.165, 1.54) is 12.3 Å². The Bertz CT molecular complexity index is 1300. The van der Waals surface area contributed by atoms with Crippen LogP contribution in [0, 0.1) is 39.7 Å². The Morgan fingerprint density at radius 1 is 1.06 bits per heavy atom. The summed E-state index contributed by atoms with van der Waals surface area (Å²) in [5.41, 5.74) is 5.07. The van der Waals surface area contributed by atoms with Crippen molar-refractivity contribution in [1.29, 1.82) is 10.5 Å². The minimum absolute atomic E-state index is 0.00314. The first-order valence-electron chi connectivity index (χ1n) is 9.38. The van der Waals surface area contributed by atoms with Crippen molar-refractivity contribution in [2.75, 3.05) is 5.43 Å². The molecule has 0 amide bonds. The van der Waals surface area contributed by atoms with Crippen LogP contribution in [0.3, 0.4) is 0 Å². The quantitative estimate of drug-likeness (QED) is 0.223. The number of anilines is 1. The zero-order chi connectivity index (χ0) is 23.1. The molecule has 0 radical (unpaired) electrons. The van der Waals surface area contributed by atoms with Gasteiger partial charge >= 0.3 is 0 Å². The van der Waals surface area contributed by atoms with Gasteiger partial charge in [-0.15, -0.1) is 0 Å². The van der Waals surface area contributed by atoms with Gasteiger partial charge in [0.25, 0.3) is 5.69 Å². The monoisotopic (exact) mass is 441 g/mol. The van der Waals surface area contributed by atoms with Crippen molar-refractivity contribution in [2.45, 2.75) is 6.92 Å². The third kappa shape index (κ3) is 4.99. The van der Waals surface area contributed by atoms with Crippen LogP contribution in [0.2, 0.25) is 0 Å². The van der Waals surface area contributed by atoms with Crippen LogP contribution in [0.1, 0.15) is 27.8 Å². The molecule has 7 nitrogen and oxygen atoms in total. The van der Waals surface area contributed by atoms with Gasteiger partial charge in [-0.25, -0.2) is 0 Å². The topological polar surface area (TPSA) is 115 Å². The minimum atomic E-state index is -0.616. The Labute approximate surface area is 189 Å². The summed E-state index contributed by atoms with van der Waals surface area (Å²) in [6.07, 6.45) is 1.37. The molecular formula is C24H16ClN5O2. The van der Waals surface area contributed by atoms with Crippen LogP contribution < -0.4 is 5.43 Å². The molecule has 0 saturated carbocycles. The molecule has 0 spiro atoms. The van der Waals surface area contributed by atoms with Crippen molar-refractivity contribution >= 4 is 39.8 Å². The molecule has 3 rings (SSSR count). The molecule has 8 heteroatoms. The second-order valence-electron chi connectivity index (χ2n) is 6.73. The summed E-state index contributed by atoms with van der Waals surface area (Å²) in [5, 5.41) is 34.9. The lowest BCUT2D eigenvalue weighted by Crippen LogP contribution is -2.01. The normalized spacial score (nSPS) is 11.4. The highest BCUT2D eigenvalue weighted by molar-refractivity contribution is 6.56. The summed E-state index contributed by atoms with van der Waals surface area (Å²) in [4.78, 5) is 11.2. The standard InChI is InChI=1S/C24H16ClN5O2/c1-16-7-9-17(10-8-16)24(25)22(15-28-29-20-5-3-2-4-6-20)21-11-18(13-26)19(14-27)12-23(21)30(31)32/h2-12,15,29H,1H3/b24-22-,28-15+. The van der Waals surface area contributed by atoms with Crippen molar-refractivity contribution < 1.29 is 4.92 Å². The molecule has 0 aromatic heterocycles. The maximum atomic E-state index is 11.8. The Hall–Kier alpha value is -4.46. The summed E-state index contributed by atoms with van der Waals surface area (Å²) >= 11 is 6.68. The van der Waals surface area contributed by atoms with Crippen LogP contribution >= 0.6 is 11.6 Å². The van der Waals surface area contributed by atoms with Gasteiger partial charge in [0.15, 0.2) is 0 Å². The van der Waals surface area contributed by atoms with Gasteiger partial charge in [-0.3, -0.25) is 15.5 Å². The number of nitro benzene ring substituents is 1. The minimum Gasteiger partial charge on any atom is -0.279 e. The van der Waals surface area contributed by atoms with Gasteiger partial charge in [0.1, 0.15) is 12.1 Å². The van der Waals surface area contributed by atoms with E-state index in [2.05, 4.69) is 10.5 Å². The predicted molar refractivity (Wildman–Crippen MR) is 125 cm³/mol. The van der Waals surface area contributed by atoms with Gasteiger partial charge < -0.3 is 0 Å². The van der Waals surface area contributed by atoms with E-state index in [0.29, 0.717) is 11.3 Å². The Kier molecular flexibility index (Phi) is 6.97. The molecule has 3 aromatic carbocycles. The third-order valence-electron chi connectivity index (χ3n) is 4.57. The molecule has 0 unspecified atom stereocenters. The second kappa shape index (κ2) is 10.0. The molecule has 0 fully saturated rings. The fraction of sp³-hybridized carbons (Fsp3) is 0.0417. The van der Waals surface area contributed by atoms with Crippen molar-refractivity contribution in [3.8, 4) is 12.1 Å². The van der Waals surface area contributed by atoms with E-state index < -0.39 is 4.92 Å². The fourth-order valence-corrected chi connectivity index (χ4v) is 3.20. The molecule has 3 aromatic rings. The van der Waals surface area contributed by atoms with Crippen molar-refractivity contribution in [3.05, 3.63) is 105 Å². The highest BCUT2D eigenvalue weighted by atomic mass is 35.5. The molecule has 0 aliphatic heterocycles. The van der Waals surface area contributed by atoms with Crippen LogP contribution in [0.15, 0.2) is 71.8 Å². The number of nitro groups is 1. The number of hydrogen-bond donors (Lipinski definition) is 1. The first-order chi connectivity index (χ1) is 15.4. The summed E-state index contributed by atoms with van der Waals surface area (Å²) in [6.45, 7) is 1.93. The highest BCUT2D eigenvalue weighted by Gasteiger charge is 2.23. The van der Waals surface area contributed by atoms with Crippen LogP contribution in [0.4, 0.5) is 11.4 Å². The van der Waals surface area contributed by atoms with Crippen molar-refractivity contribution in [2.24, 2.45) is 5.10 Å². The van der Waals surface area contributed by atoms with E-state index in [4.69, 9.17) is 11.6 Å². The van der Waals surface area contributed by atoms with Crippen LogP contribution in [-0.4, -0.2) is 11.1 Å². The SMILES string of the molecule is Cc1ccc(/C(Cl)=C(\C=N\Nc2ccccc2)c2cc(C#N)c(C#N)cc2[N+](=O)[O-])cc1. The molecule has 156 valence electrons. The Morgan fingerprint density at radius 3 is 2.28 bits per heavy atom. The Morgan fingerprint density at radius 2 is 1.69 bits per heavy atom. The van der Waals surface area contributed by atoms with Gasteiger partial charge in [-0.05, 0) is 30.7 Å². The molecule has 1 N–H and O–H groups in total. The molecule has 32 heavy (non-hydrogen) atoms. The summed E-state index contributed by atoms with van der Waals surface area (Å²) in [6, 6.07) is 22.5. The van der Waals surface area contributed by atoms with Crippen LogP contribution in [0.25, 0.3) is 10.6 Å². The predicted octanol–water partition coefficient (Wildman–Crippen LogP) is 5.85. The number of hydrogen-bond acceptors (Lipinski definition) is 6. The zero-order valence-corrected chi connectivity index (χ0v) is 17.7. The largest absolute Gasteiger partial charge is 0.279 e. The lowest BCUT2D eigenvalue weighted by molar-refractivity contribution is -0.385. The van der Waals surface area contributed by atoms with Gasteiger partial charge in [0.2, 0.25) is 0 Å². The van der Waals surface area contributed by atoms with Gasteiger partial charge in [-0.2, -0.15) is 15.6 Å². The molecule has 0 atom stereocenters. The number of nitriles is 2. The van der Waals surface area contributed by atoms with Crippen molar-refractivity contribution in [1.82, 2.24) is 0 Å². The first-order valence-corrected chi connectivity index (χ1v) is 9.76. The smallest absolute Gasteiger partial charge is 0.278 e. The molecule has 0 heterocycles. The molecule has 0 aliphatic carbocycles. The number of rotatable bonds is 6. The molecule has 0 saturated heterocycles. The number of halogens is 1. The third-order valence-corrected chi connectivity index (χ3v) is 4.99. The number of aryl methyl sites for hydroxylation is 1. The first kappa shape index (κ1) is 22.2. The fourth-order valence-electron chi connectivity index (χ4n) is 2.92. The number of allylic oxidation sites excluding steroid dienone is 1. The summed E-state index contributed by atoms with van der Waals surface area (Å²) in [7, 11) is 0. The zero-order valence-electron chi connectivity index (χ0n) is 16.9. The van der Waals surface area contributed by atoms with E-state index in [9.17, 15) is 20.6 Å². The maximum absolute atomic E-state index is 11.8. The van der Waals surface area contributed by atoms with E-state index in [1.54, 1.807) is 24.3 Å². The number of para-hydroxylation sites is 1. The van der Waals surface area contributed by atoms with Gasteiger partial charge in [-0.1, -0.05) is 59.6 Å². The number of benzene rings is 3. The van der Waals surface area contributed by atoms with E-state index >= 15 is 0 Å². The second-order valence-corrected chi connectivity index (χ2v) is 7.10. The highest BCUT2D eigenvalue weighted by Crippen LogP contribution is 2.35. The molecular weight excluding hydrogens is 426 g/mol. The number of nitrogens with one attached hydrogen (secondary N) is 1.